The third-order valence-electron chi connectivity index (χ3n) is 1.97. The van der Waals surface area contributed by atoms with Crippen LogP contribution in [0.15, 0.2) is 0 Å². The van der Waals surface area contributed by atoms with E-state index < -0.39 is 17.9 Å². The first-order valence-electron chi connectivity index (χ1n) is 4.27. The number of likely N-dealkylation sites (tertiary alicyclic amines) is 1. The fourth-order valence-electron chi connectivity index (χ4n) is 1.27. The van der Waals surface area contributed by atoms with Gasteiger partial charge in [0.1, 0.15) is 6.54 Å². The van der Waals surface area contributed by atoms with Gasteiger partial charge in [0.05, 0.1) is 12.2 Å². The van der Waals surface area contributed by atoms with Crippen molar-refractivity contribution in [3.8, 4) is 6.07 Å². The van der Waals surface area contributed by atoms with Gasteiger partial charge in [-0.25, -0.2) is 0 Å². The molecular weight excluding hydrogens is 186 g/mol. The topological polar surface area (TPSA) is 93.4 Å². The maximum atomic E-state index is 11.3. The highest BCUT2D eigenvalue weighted by Crippen LogP contribution is 2.08. The number of aliphatic hydroxyl groups excluding tert-OH is 1. The van der Waals surface area contributed by atoms with Crippen molar-refractivity contribution < 1.29 is 14.7 Å². The lowest BCUT2D eigenvalue weighted by atomic mass is 10.3. The highest BCUT2D eigenvalue weighted by Gasteiger charge is 2.28. The highest BCUT2D eigenvalue weighted by atomic mass is 16.3. The van der Waals surface area contributed by atoms with E-state index in [0.717, 1.165) is 0 Å². The molecule has 1 aliphatic heterocycles. The lowest BCUT2D eigenvalue weighted by Gasteiger charge is -2.13. The summed E-state index contributed by atoms with van der Waals surface area (Å²) in [5.74, 6) is -1.47. The number of nitrogens with zero attached hydrogens (tertiary/aromatic N) is 2. The summed E-state index contributed by atoms with van der Waals surface area (Å²) in [6.07, 6.45) is -0.0419. The van der Waals surface area contributed by atoms with Crippen LogP contribution in [0, 0.1) is 11.3 Å². The van der Waals surface area contributed by atoms with Crippen LogP contribution in [0.3, 0.4) is 0 Å². The number of carbonyl (C=O) groups excluding carboxylic acids is 2. The molecule has 0 unspecified atom stereocenters. The van der Waals surface area contributed by atoms with Crippen LogP contribution < -0.4 is 5.32 Å². The van der Waals surface area contributed by atoms with Gasteiger partial charge in [-0.15, -0.1) is 0 Å². The average molecular weight is 197 g/mol. The van der Waals surface area contributed by atoms with Gasteiger partial charge in [-0.3, -0.25) is 9.59 Å². The zero-order valence-corrected chi connectivity index (χ0v) is 7.56. The maximum absolute atomic E-state index is 11.3. The van der Waals surface area contributed by atoms with Crippen LogP contribution in [0.25, 0.3) is 0 Å². The Kier molecular flexibility index (Phi) is 3.42. The van der Waals surface area contributed by atoms with E-state index in [-0.39, 0.29) is 13.1 Å². The first-order valence-corrected chi connectivity index (χ1v) is 4.27. The van der Waals surface area contributed by atoms with Gasteiger partial charge in [-0.1, -0.05) is 0 Å². The SMILES string of the molecule is N#CCNC(=O)C(=O)N1CC[C@@H](O)C1. The predicted octanol–water partition coefficient (Wildman–Crippen LogP) is -1.78. The summed E-state index contributed by atoms with van der Waals surface area (Å²) in [6, 6.07) is 1.70. The van der Waals surface area contributed by atoms with Crippen LogP contribution in [0.5, 0.6) is 0 Å². The molecule has 0 aromatic carbocycles. The molecule has 0 aromatic rings. The quantitative estimate of drug-likeness (QED) is 0.384. The molecule has 2 amide bonds. The van der Waals surface area contributed by atoms with E-state index in [0.29, 0.717) is 13.0 Å². The summed E-state index contributed by atoms with van der Waals surface area (Å²) >= 11 is 0. The van der Waals surface area contributed by atoms with E-state index in [1.54, 1.807) is 6.07 Å². The Labute approximate surface area is 81.1 Å². The first-order chi connectivity index (χ1) is 6.65. The van der Waals surface area contributed by atoms with Crippen molar-refractivity contribution in [3.05, 3.63) is 0 Å². The molecule has 1 fully saturated rings. The van der Waals surface area contributed by atoms with Gasteiger partial charge in [-0.2, -0.15) is 5.26 Å². The van der Waals surface area contributed by atoms with Crippen LogP contribution in [0.2, 0.25) is 0 Å². The molecule has 0 aromatic heterocycles. The summed E-state index contributed by atoms with van der Waals surface area (Å²) < 4.78 is 0. The molecule has 14 heavy (non-hydrogen) atoms. The maximum Gasteiger partial charge on any atom is 0.311 e. The Morgan fingerprint density at radius 3 is 2.86 bits per heavy atom. The second-order valence-electron chi connectivity index (χ2n) is 3.03. The number of amides is 2. The molecule has 1 aliphatic rings. The Morgan fingerprint density at radius 2 is 2.36 bits per heavy atom. The lowest BCUT2D eigenvalue weighted by Crippen LogP contribution is -2.42. The molecule has 1 heterocycles. The second-order valence-corrected chi connectivity index (χ2v) is 3.03. The monoisotopic (exact) mass is 197 g/mol. The Morgan fingerprint density at radius 1 is 1.64 bits per heavy atom. The molecule has 76 valence electrons. The van der Waals surface area contributed by atoms with E-state index in [9.17, 15) is 9.59 Å². The summed E-state index contributed by atoms with van der Waals surface area (Å²) in [7, 11) is 0. The molecule has 0 radical (unpaired) electrons. The number of rotatable bonds is 1. The summed E-state index contributed by atoms with van der Waals surface area (Å²) in [5, 5.41) is 19.5. The molecule has 1 saturated heterocycles. The average Bonchev–Trinajstić information content (AvgIpc) is 2.60. The highest BCUT2D eigenvalue weighted by molar-refractivity contribution is 6.35. The number of nitriles is 1. The van der Waals surface area contributed by atoms with Gasteiger partial charge in [-0.05, 0) is 6.42 Å². The fourth-order valence-corrected chi connectivity index (χ4v) is 1.27. The molecule has 2 N–H and O–H groups in total. The Hall–Kier alpha value is -1.61. The predicted molar refractivity (Wildman–Crippen MR) is 45.8 cm³/mol. The fraction of sp³-hybridized carbons (Fsp3) is 0.625. The molecule has 0 bridgehead atoms. The minimum atomic E-state index is -0.791. The first kappa shape index (κ1) is 10.5. The molecule has 0 aliphatic carbocycles. The molecule has 1 atom stereocenters. The van der Waals surface area contributed by atoms with Crippen molar-refractivity contribution in [2.24, 2.45) is 0 Å². The molecule has 6 nitrogen and oxygen atoms in total. The third-order valence-corrected chi connectivity index (χ3v) is 1.97. The van der Waals surface area contributed by atoms with Crippen LogP contribution in [-0.4, -0.2) is 47.6 Å². The minimum absolute atomic E-state index is 0.180. The van der Waals surface area contributed by atoms with Gasteiger partial charge in [0.25, 0.3) is 0 Å². The van der Waals surface area contributed by atoms with Gasteiger partial charge >= 0.3 is 11.8 Å². The standard InChI is InChI=1S/C8H11N3O3/c9-2-3-10-7(13)8(14)11-4-1-6(12)5-11/h6,12H,1,3-5H2,(H,10,13)/t6-/m1/s1. The number of hydrogen-bond donors (Lipinski definition) is 2. The van der Waals surface area contributed by atoms with E-state index in [4.69, 9.17) is 10.4 Å². The van der Waals surface area contributed by atoms with Crippen molar-refractivity contribution in [3.63, 3.8) is 0 Å². The van der Waals surface area contributed by atoms with E-state index >= 15 is 0 Å². The van der Waals surface area contributed by atoms with Crippen LogP contribution in [0.4, 0.5) is 0 Å². The third kappa shape index (κ3) is 2.44. The van der Waals surface area contributed by atoms with E-state index in [2.05, 4.69) is 5.32 Å². The zero-order valence-electron chi connectivity index (χ0n) is 7.56. The number of hydrogen-bond acceptors (Lipinski definition) is 4. The molecule has 6 heteroatoms. The van der Waals surface area contributed by atoms with Crippen molar-refractivity contribution in [2.75, 3.05) is 19.6 Å². The number of aliphatic hydroxyl groups is 1. The van der Waals surface area contributed by atoms with Crippen LogP contribution in [-0.2, 0) is 9.59 Å². The number of β-amino-alcohol motifs (C(OH)–C–C–N with tert-alkyl or cyclic N) is 1. The zero-order chi connectivity index (χ0) is 10.6. The normalized spacial score (nSPS) is 20.3. The second kappa shape index (κ2) is 4.58. The van der Waals surface area contributed by atoms with Gasteiger partial charge in [0.2, 0.25) is 0 Å². The minimum Gasteiger partial charge on any atom is -0.391 e. The van der Waals surface area contributed by atoms with Gasteiger partial charge < -0.3 is 15.3 Å². The van der Waals surface area contributed by atoms with Gasteiger partial charge in [0.15, 0.2) is 0 Å². The molecule has 0 spiro atoms. The van der Waals surface area contributed by atoms with Crippen molar-refractivity contribution in [1.29, 1.82) is 5.26 Å². The number of nitrogens with one attached hydrogen (secondary N) is 1. The van der Waals surface area contributed by atoms with Gasteiger partial charge in [0, 0.05) is 13.1 Å². The van der Waals surface area contributed by atoms with Crippen molar-refractivity contribution in [1.82, 2.24) is 10.2 Å². The van der Waals surface area contributed by atoms with Crippen LogP contribution >= 0.6 is 0 Å². The van der Waals surface area contributed by atoms with Crippen molar-refractivity contribution in [2.45, 2.75) is 12.5 Å². The summed E-state index contributed by atoms with van der Waals surface area (Å²) in [4.78, 5) is 23.6. The van der Waals surface area contributed by atoms with E-state index in [1.807, 2.05) is 0 Å². The number of carbonyl (C=O) groups is 2. The molecular formula is C8H11N3O3. The Balaban J connectivity index is 2.41. The molecule has 0 saturated carbocycles. The van der Waals surface area contributed by atoms with Crippen molar-refractivity contribution >= 4 is 11.8 Å². The summed E-state index contributed by atoms with van der Waals surface area (Å²) in [5.41, 5.74) is 0. The van der Waals surface area contributed by atoms with Crippen LogP contribution in [0.1, 0.15) is 6.42 Å². The molecule has 1 rings (SSSR count). The largest absolute Gasteiger partial charge is 0.391 e. The summed E-state index contributed by atoms with van der Waals surface area (Å²) in [6.45, 7) is 0.403. The lowest BCUT2D eigenvalue weighted by molar-refractivity contribution is -0.145. The smallest absolute Gasteiger partial charge is 0.311 e. The Bertz CT molecular complexity index is 284. The van der Waals surface area contributed by atoms with E-state index in [1.165, 1.54) is 4.90 Å².